The summed E-state index contributed by atoms with van der Waals surface area (Å²) in [7, 11) is 1.12. The van der Waals surface area contributed by atoms with Crippen molar-refractivity contribution in [3.63, 3.8) is 0 Å². The molecule has 29 heavy (non-hydrogen) atoms. The van der Waals surface area contributed by atoms with Gasteiger partial charge in [-0.1, -0.05) is 18.2 Å². The second-order valence-electron chi connectivity index (χ2n) is 7.77. The van der Waals surface area contributed by atoms with Gasteiger partial charge in [0, 0.05) is 18.0 Å². The minimum atomic E-state index is -3.47. The molecule has 2 rings (SSSR count). The summed E-state index contributed by atoms with van der Waals surface area (Å²) in [6, 6.07) is -0.699. The first-order chi connectivity index (χ1) is 13.5. The molecule has 8 nitrogen and oxygen atoms in total. The van der Waals surface area contributed by atoms with Crippen LogP contribution in [0.5, 0.6) is 0 Å². The number of sulfonamides is 1. The van der Waals surface area contributed by atoms with Gasteiger partial charge in [0.1, 0.15) is 5.76 Å². The van der Waals surface area contributed by atoms with E-state index in [1.165, 1.54) is 21.3 Å². The van der Waals surface area contributed by atoms with Crippen molar-refractivity contribution in [3.8, 4) is 0 Å². The molecule has 0 saturated heterocycles. The minimum Gasteiger partial charge on any atom is -0.497 e. The Kier molecular flexibility index (Phi) is 7.18. The van der Waals surface area contributed by atoms with E-state index in [9.17, 15) is 13.2 Å². The lowest BCUT2D eigenvalue weighted by atomic mass is 10.0. The first-order valence-electron chi connectivity index (χ1n) is 9.30. The van der Waals surface area contributed by atoms with Crippen LogP contribution in [0, 0.1) is 0 Å². The predicted octanol–water partition coefficient (Wildman–Crippen LogP) is 1.88. The molecule has 0 aliphatic heterocycles. The number of carbonyl (C=O) groups is 1. The number of rotatable bonds is 7. The summed E-state index contributed by atoms with van der Waals surface area (Å²) in [4.78, 5) is 12.6. The van der Waals surface area contributed by atoms with Crippen LogP contribution in [0.25, 0.3) is 0 Å². The molecule has 0 heterocycles. The van der Waals surface area contributed by atoms with Crippen molar-refractivity contribution >= 4 is 15.9 Å². The SMILES string of the molecule is COC1=CC(NC(=O)C2=CCC(NS(=O)(=O)C(C)(C)C)C=C2)CC(OC)=C1OC. The van der Waals surface area contributed by atoms with Crippen LogP contribution >= 0.6 is 0 Å². The molecule has 0 aromatic carbocycles. The molecule has 1 amide bonds. The minimum absolute atomic E-state index is 0.258. The van der Waals surface area contributed by atoms with E-state index in [4.69, 9.17) is 14.2 Å². The molecule has 0 aromatic heterocycles. The molecule has 0 spiro atoms. The first kappa shape index (κ1) is 23.0. The number of amides is 1. The Morgan fingerprint density at radius 3 is 2.28 bits per heavy atom. The smallest absolute Gasteiger partial charge is 0.251 e. The number of carbonyl (C=O) groups excluding carboxylic acids is 1. The molecule has 2 unspecified atom stereocenters. The molecule has 2 aliphatic carbocycles. The van der Waals surface area contributed by atoms with Crippen molar-refractivity contribution in [3.05, 3.63) is 47.2 Å². The molecule has 0 aromatic rings. The van der Waals surface area contributed by atoms with Gasteiger partial charge in [0.2, 0.25) is 10.0 Å². The Labute approximate surface area is 172 Å². The van der Waals surface area contributed by atoms with Gasteiger partial charge in [-0.25, -0.2) is 13.1 Å². The summed E-state index contributed by atoms with van der Waals surface area (Å²) in [5.41, 5.74) is 0.476. The molecule has 0 radical (unpaired) electrons. The lowest BCUT2D eigenvalue weighted by Crippen LogP contribution is -2.44. The van der Waals surface area contributed by atoms with Crippen LogP contribution in [0.4, 0.5) is 0 Å². The normalized spacial score (nSPS) is 22.6. The highest BCUT2D eigenvalue weighted by Gasteiger charge is 2.31. The van der Waals surface area contributed by atoms with Crippen LogP contribution < -0.4 is 10.0 Å². The fourth-order valence-electron chi connectivity index (χ4n) is 2.90. The average molecular weight is 427 g/mol. The van der Waals surface area contributed by atoms with Crippen LogP contribution in [0.3, 0.4) is 0 Å². The molecule has 2 aliphatic rings. The van der Waals surface area contributed by atoms with Crippen LogP contribution in [0.15, 0.2) is 47.2 Å². The quantitative estimate of drug-likeness (QED) is 0.644. The highest BCUT2D eigenvalue weighted by Crippen LogP contribution is 2.27. The zero-order valence-electron chi connectivity index (χ0n) is 17.7. The third-order valence-corrected chi connectivity index (χ3v) is 6.92. The maximum absolute atomic E-state index is 12.6. The standard InChI is InChI=1S/C20H30N2O6S/c1-20(2,3)29(24,25)22-14-9-7-13(8-10-14)19(23)21-15-11-16(26-4)18(28-6)17(12-15)27-5/h7-9,11,14-15,22H,10,12H2,1-6H3,(H,21,23). The van der Waals surface area contributed by atoms with Gasteiger partial charge >= 0.3 is 0 Å². The molecule has 0 fully saturated rings. The molecule has 2 N–H and O–H groups in total. The topological polar surface area (TPSA) is 103 Å². The van der Waals surface area contributed by atoms with Gasteiger partial charge in [-0.3, -0.25) is 4.79 Å². The van der Waals surface area contributed by atoms with Gasteiger partial charge in [0.05, 0.1) is 32.1 Å². The maximum atomic E-state index is 12.6. The zero-order valence-corrected chi connectivity index (χ0v) is 18.6. The summed E-state index contributed by atoms with van der Waals surface area (Å²) in [6.45, 7) is 4.92. The summed E-state index contributed by atoms with van der Waals surface area (Å²) in [6.07, 6.45) is 7.65. The van der Waals surface area contributed by atoms with Gasteiger partial charge < -0.3 is 19.5 Å². The Morgan fingerprint density at radius 2 is 1.79 bits per heavy atom. The Morgan fingerprint density at radius 1 is 1.10 bits per heavy atom. The number of ether oxygens (including phenoxy) is 3. The molecule has 0 saturated carbocycles. The molecule has 0 bridgehead atoms. The molecule has 2 atom stereocenters. The summed E-state index contributed by atoms with van der Waals surface area (Å²) in [5.74, 6) is 1.32. The lowest BCUT2D eigenvalue weighted by molar-refractivity contribution is -0.117. The van der Waals surface area contributed by atoms with Crippen molar-refractivity contribution in [2.24, 2.45) is 0 Å². The van der Waals surface area contributed by atoms with Crippen molar-refractivity contribution < 1.29 is 27.4 Å². The van der Waals surface area contributed by atoms with Crippen LogP contribution in [-0.2, 0) is 29.0 Å². The van der Waals surface area contributed by atoms with E-state index >= 15 is 0 Å². The monoisotopic (exact) mass is 426 g/mol. The molecular weight excluding hydrogens is 396 g/mol. The molecule has 9 heteroatoms. The summed E-state index contributed by atoms with van der Waals surface area (Å²) in [5, 5.41) is 2.93. The highest BCUT2D eigenvalue weighted by molar-refractivity contribution is 7.90. The van der Waals surface area contributed by atoms with E-state index in [0.29, 0.717) is 35.7 Å². The van der Waals surface area contributed by atoms with Crippen LogP contribution in [0.1, 0.15) is 33.6 Å². The first-order valence-corrected chi connectivity index (χ1v) is 10.8. The van der Waals surface area contributed by atoms with Gasteiger partial charge in [-0.05, 0) is 33.3 Å². The third kappa shape index (κ3) is 5.42. The van der Waals surface area contributed by atoms with Gasteiger partial charge in [-0.15, -0.1) is 0 Å². The summed E-state index contributed by atoms with van der Waals surface area (Å²) < 4.78 is 42.3. The largest absolute Gasteiger partial charge is 0.497 e. The van der Waals surface area contributed by atoms with Crippen molar-refractivity contribution in [1.29, 1.82) is 0 Å². The van der Waals surface area contributed by atoms with E-state index < -0.39 is 14.8 Å². The Bertz CT molecular complexity index is 862. The van der Waals surface area contributed by atoms with Gasteiger partial charge in [0.15, 0.2) is 11.5 Å². The molecule has 162 valence electrons. The van der Waals surface area contributed by atoms with E-state index in [1.807, 2.05) is 0 Å². The number of hydrogen-bond donors (Lipinski definition) is 2. The van der Waals surface area contributed by atoms with E-state index in [1.54, 1.807) is 45.1 Å². The van der Waals surface area contributed by atoms with E-state index in [-0.39, 0.29) is 18.0 Å². The number of methoxy groups -OCH3 is 3. The second-order valence-corrected chi connectivity index (χ2v) is 10.2. The van der Waals surface area contributed by atoms with Gasteiger partial charge in [0.25, 0.3) is 5.91 Å². The highest BCUT2D eigenvalue weighted by atomic mass is 32.2. The van der Waals surface area contributed by atoms with Crippen molar-refractivity contribution in [1.82, 2.24) is 10.0 Å². The average Bonchev–Trinajstić information content (AvgIpc) is 2.66. The summed E-state index contributed by atoms with van der Waals surface area (Å²) >= 11 is 0. The van der Waals surface area contributed by atoms with Crippen LogP contribution in [-0.4, -0.2) is 52.5 Å². The zero-order chi connectivity index (χ0) is 21.8. The Balaban J connectivity index is 2.01. The van der Waals surface area contributed by atoms with Crippen molar-refractivity contribution in [2.75, 3.05) is 21.3 Å². The lowest BCUT2D eigenvalue weighted by Gasteiger charge is -2.26. The Hall–Kier alpha value is -2.26. The van der Waals surface area contributed by atoms with Gasteiger partial charge in [-0.2, -0.15) is 0 Å². The third-order valence-electron chi connectivity index (χ3n) is 4.70. The fraction of sp³-hybridized carbons (Fsp3) is 0.550. The van der Waals surface area contributed by atoms with Crippen LogP contribution in [0.2, 0.25) is 0 Å². The second kappa shape index (κ2) is 9.04. The fourth-order valence-corrected chi connectivity index (χ4v) is 3.82. The van der Waals surface area contributed by atoms with E-state index in [0.717, 1.165) is 0 Å². The van der Waals surface area contributed by atoms with Crippen molar-refractivity contribution in [2.45, 2.75) is 50.4 Å². The van der Waals surface area contributed by atoms with E-state index in [2.05, 4.69) is 10.0 Å². The predicted molar refractivity (Wildman–Crippen MR) is 110 cm³/mol. The number of hydrogen-bond acceptors (Lipinski definition) is 6. The number of nitrogens with one attached hydrogen (secondary N) is 2. The maximum Gasteiger partial charge on any atom is 0.251 e. The molecular formula is C20H30N2O6S.